The van der Waals surface area contributed by atoms with Crippen molar-refractivity contribution in [2.24, 2.45) is 17.8 Å². The molecule has 306 valence electrons. The van der Waals surface area contributed by atoms with Crippen LogP contribution in [0.4, 0.5) is 18.0 Å². The third-order valence-corrected chi connectivity index (χ3v) is 12.9. The number of ether oxygens (including phenoxy) is 3. The molecule has 0 radical (unpaired) electrons. The predicted octanol–water partition coefficient (Wildman–Crippen LogP) is 4.52. The Morgan fingerprint density at radius 1 is 1.07 bits per heavy atom. The number of alkyl halides is 3. The van der Waals surface area contributed by atoms with Crippen molar-refractivity contribution in [2.75, 3.05) is 13.7 Å². The number of halogens is 3. The summed E-state index contributed by atoms with van der Waals surface area (Å²) < 4.78 is 85.5. The summed E-state index contributed by atoms with van der Waals surface area (Å²) in [7, 11) is -2.54. The highest BCUT2D eigenvalue weighted by Gasteiger charge is 2.62. The first-order valence-electron chi connectivity index (χ1n) is 18.8. The van der Waals surface area contributed by atoms with E-state index < -0.39 is 86.4 Å². The topological polar surface area (TPSA) is 182 Å². The van der Waals surface area contributed by atoms with Crippen molar-refractivity contribution in [2.45, 2.75) is 113 Å². The fourth-order valence-electron chi connectivity index (χ4n) is 7.44. The SMILES string of the molecule is COc1cc2ccccc2c(OC2CC3C(=O)NC4(C(=O)NS(=O)(=O)C5CC5)CC4C=CCCC(C)CC(C)C(NC(=O)OC(C)(C)C(F)(F)F)C(=O)N3C2)n1. The van der Waals surface area contributed by atoms with Gasteiger partial charge in [-0.25, -0.2) is 13.2 Å². The van der Waals surface area contributed by atoms with Gasteiger partial charge in [-0.2, -0.15) is 18.2 Å². The quantitative estimate of drug-likeness (QED) is 0.321. The van der Waals surface area contributed by atoms with Crippen molar-refractivity contribution in [3.05, 3.63) is 42.5 Å². The molecule has 6 rings (SSSR count). The number of aromatic nitrogens is 1. The molecule has 56 heavy (non-hydrogen) atoms. The highest BCUT2D eigenvalue weighted by atomic mass is 32.2. The van der Waals surface area contributed by atoms with Crippen LogP contribution in [0.15, 0.2) is 42.5 Å². The minimum Gasteiger partial charge on any atom is -0.481 e. The molecule has 7 unspecified atom stereocenters. The van der Waals surface area contributed by atoms with Gasteiger partial charge in [0.25, 0.3) is 5.91 Å². The zero-order valence-corrected chi connectivity index (χ0v) is 32.7. The second kappa shape index (κ2) is 15.4. The van der Waals surface area contributed by atoms with Gasteiger partial charge in [-0.15, -0.1) is 0 Å². The van der Waals surface area contributed by atoms with Crippen LogP contribution in [0.1, 0.15) is 72.6 Å². The molecule has 18 heteroatoms. The average molecular weight is 808 g/mol. The molecule has 0 bridgehead atoms. The summed E-state index contributed by atoms with van der Waals surface area (Å²) in [5.74, 6) is -3.25. The van der Waals surface area contributed by atoms with Gasteiger partial charge in [0.2, 0.25) is 39.2 Å². The Morgan fingerprint density at radius 2 is 1.79 bits per heavy atom. The van der Waals surface area contributed by atoms with Crippen LogP contribution in [0.2, 0.25) is 0 Å². The number of methoxy groups -OCH3 is 1. The van der Waals surface area contributed by atoms with E-state index in [0.717, 1.165) is 5.39 Å². The standard InChI is InChI=1S/C38H48F3N5O9S/c1-21-10-6-8-12-24-19-37(24,34(49)45-56(51,52)26-14-15-26)44-31(47)28-18-25(54-32-27-13-9-7-11-23(27)17-29(42-32)53-5)20-46(28)33(48)30(22(2)16-21)43-35(50)55-36(3,4)38(39,40)41/h7-9,11-13,17,21-22,24-26,28,30H,6,10,14-16,18-20H2,1-5H3,(H,43,50)(H,44,47)(H,45,49). The van der Waals surface area contributed by atoms with Crippen molar-refractivity contribution >= 4 is 44.6 Å². The zero-order chi connectivity index (χ0) is 40.8. The van der Waals surface area contributed by atoms with Crippen molar-refractivity contribution in [3.63, 3.8) is 0 Å². The summed E-state index contributed by atoms with van der Waals surface area (Å²) in [6, 6.07) is 6.16. The number of sulfonamides is 1. The molecule has 2 aromatic rings. The lowest BCUT2D eigenvalue weighted by Crippen LogP contribution is -2.59. The molecule has 1 aromatic carbocycles. The molecule has 3 heterocycles. The molecule has 3 N–H and O–H groups in total. The van der Waals surface area contributed by atoms with Crippen LogP contribution in [-0.4, -0.2) is 96.5 Å². The van der Waals surface area contributed by atoms with Crippen LogP contribution in [0.25, 0.3) is 10.8 Å². The fourth-order valence-corrected chi connectivity index (χ4v) is 8.80. The third-order valence-electron chi connectivity index (χ3n) is 11.1. The van der Waals surface area contributed by atoms with E-state index in [4.69, 9.17) is 14.2 Å². The number of hydrogen-bond donors (Lipinski definition) is 3. The van der Waals surface area contributed by atoms with Gasteiger partial charge >= 0.3 is 12.3 Å². The summed E-state index contributed by atoms with van der Waals surface area (Å²) in [5, 5.41) is 5.81. The monoisotopic (exact) mass is 807 g/mol. The highest BCUT2D eigenvalue weighted by Crippen LogP contribution is 2.46. The Labute approximate surface area is 323 Å². The molecule has 7 atom stereocenters. The number of rotatable bonds is 8. The molecular weight excluding hydrogens is 760 g/mol. The maximum absolute atomic E-state index is 14.7. The fraction of sp³-hybridized carbons (Fsp3) is 0.605. The van der Waals surface area contributed by atoms with Crippen LogP contribution in [0.5, 0.6) is 11.8 Å². The number of carbonyl (C=O) groups excluding carboxylic acids is 4. The van der Waals surface area contributed by atoms with Gasteiger partial charge in [0.1, 0.15) is 23.7 Å². The van der Waals surface area contributed by atoms with Gasteiger partial charge in [-0.3, -0.25) is 19.1 Å². The van der Waals surface area contributed by atoms with Crippen LogP contribution in [-0.2, 0) is 29.1 Å². The Morgan fingerprint density at radius 3 is 2.46 bits per heavy atom. The van der Waals surface area contributed by atoms with E-state index in [1.807, 2.05) is 25.1 Å². The van der Waals surface area contributed by atoms with E-state index in [-0.39, 0.29) is 37.1 Å². The molecule has 14 nitrogen and oxygen atoms in total. The number of alkyl carbamates (subject to hydrolysis) is 1. The number of pyridine rings is 1. The molecule has 2 aliphatic heterocycles. The number of benzene rings is 1. The van der Waals surface area contributed by atoms with E-state index in [2.05, 4.69) is 20.3 Å². The molecule has 3 fully saturated rings. The molecule has 2 aliphatic carbocycles. The number of carbonyl (C=O) groups is 4. The highest BCUT2D eigenvalue weighted by molar-refractivity contribution is 7.91. The van der Waals surface area contributed by atoms with Crippen molar-refractivity contribution in [1.82, 2.24) is 25.2 Å². The number of amides is 4. The largest absolute Gasteiger partial charge is 0.481 e. The summed E-state index contributed by atoms with van der Waals surface area (Å²) in [5.41, 5.74) is -4.51. The Balaban J connectivity index is 1.36. The average Bonchev–Trinajstić information content (AvgIpc) is 4.04. The van der Waals surface area contributed by atoms with Gasteiger partial charge < -0.3 is 29.7 Å². The predicted molar refractivity (Wildman–Crippen MR) is 197 cm³/mol. The third kappa shape index (κ3) is 8.69. The number of nitrogens with one attached hydrogen (secondary N) is 3. The molecule has 2 saturated carbocycles. The maximum atomic E-state index is 14.7. The molecule has 4 amide bonds. The van der Waals surface area contributed by atoms with Crippen molar-refractivity contribution in [1.29, 1.82) is 0 Å². The Bertz CT molecular complexity index is 2010. The lowest BCUT2D eigenvalue weighted by Gasteiger charge is -2.34. The second-order valence-corrected chi connectivity index (χ2v) is 17.9. The lowest BCUT2D eigenvalue weighted by molar-refractivity contribution is -0.244. The number of nitrogens with zero attached hydrogens (tertiary/aromatic N) is 2. The first kappa shape index (κ1) is 41.0. The zero-order valence-electron chi connectivity index (χ0n) is 31.9. The van der Waals surface area contributed by atoms with E-state index in [9.17, 15) is 40.8 Å². The molecule has 1 saturated heterocycles. The van der Waals surface area contributed by atoms with Gasteiger partial charge in [0.15, 0.2) is 0 Å². The van der Waals surface area contributed by atoms with Crippen LogP contribution in [0, 0.1) is 17.8 Å². The molecule has 1 aromatic heterocycles. The van der Waals surface area contributed by atoms with Crippen LogP contribution >= 0.6 is 0 Å². The van der Waals surface area contributed by atoms with Gasteiger partial charge in [-0.05, 0) is 75.7 Å². The summed E-state index contributed by atoms with van der Waals surface area (Å²) in [6.45, 7) is 4.78. The summed E-state index contributed by atoms with van der Waals surface area (Å²) in [4.78, 5) is 61.6. The minimum atomic E-state index is -4.91. The minimum absolute atomic E-state index is 0.0342. The molecule has 0 spiro atoms. The van der Waals surface area contributed by atoms with Crippen LogP contribution in [0.3, 0.4) is 0 Å². The van der Waals surface area contributed by atoms with Crippen molar-refractivity contribution in [3.8, 4) is 11.8 Å². The van der Waals surface area contributed by atoms with Crippen molar-refractivity contribution < 1.29 is 55.0 Å². The number of hydrogen-bond acceptors (Lipinski definition) is 10. The first-order chi connectivity index (χ1) is 26.2. The van der Waals surface area contributed by atoms with Gasteiger partial charge in [0.05, 0.1) is 18.9 Å². The van der Waals surface area contributed by atoms with Crippen LogP contribution < -0.4 is 24.8 Å². The van der Waals surface area contributed by atoms with Gasteiger partial charge in [0, 0.05) is 23.8 Å². The smallest absolute Gasteiger partial charge is 0.427 e. The summed E-state index contributed by atoms with van der Waals surface area (Å²) in [6.07, 6.45) is -1.27. The number of allylic oxidation sites excluding steroid dienone is 1. The van der Waals surface area contributed by atoms with E-state index >= 15 is 0 Å². The Kier molecular flexibility index (Phi) is 11.3. The molecular formula is C38H48F3N5O9S. The van der Waals surface area contributed by atoms with E-state index in [1.165, 1.54) is 12.0 Å². The number of fused-ring (bicyclic) bond motifs is 3. The van der Waals surface area contributed by atoms with E-state index in [1.54, 1.807) is 31.2 Å². The first-order valence-corrected chi connectivity index (χ1v) is 20.3. The molecule has 4 aliphatic rings. The normalized spacial score (nSPS) is 28.9. The van der Waals surface area contributed by atoms with Gasteiger partial charge in [-0.1, -0.05) is 44.2 Å². The Hall–Kier alpha value is -4.61. The summed E-state index contributed by atoms with van der Waals surface area (Å²) >= 11 is 0. The van der Waals surface area contributed by atoms with E-state index in [0.29, 0.717) is 51.3 Å². The lowest BCUT2D eigenvalue weighted by atomic mass is 9.88. The second-order valence-electron chi connectivity index (χ2n) is 16.0. The maximum Gasteiger partial charge on any atom is 0.427 e.